The predicted molar refractivity (Wildman–Crippen MR) is 107 cm³/mol. The molecule has 6 heteroatoms. The first kappa shape index (κ1) is 18.9. The van der Waals surface area contributed by atoms with Crippen LogP contribution in [0.2, 0.25) is 0 Å². The van der Waals surface area contributed by atoms with E-state index in [1.54, 1.807) is 16.8 Å². The normalized spacial score (nSPS) is 11.3. The molecule has 2 aromatic heterocycles. The van der Waals surface area contributed by atoms with Crippen molar-refractivity contribution in [3.8, 4) is 0 Å². The number of carbonyl (C=O) groups excluding carboxylic acids is 1. The maximum Gasteiger partial charge on any atom is 0.258 e. The highest BCUT2D eigenvalue weighted by atomic mass is 16.2. The molecule has 1 N–H and O–H groups in total. The summed E-state index contributed by atoms with van der Waals surface area (Å²) >= 11 is 0. The van der Waals surface area contributed by atoms with Crippen molar-refractivity contribution in [3.63, 3.8) is 0 Å². The van der Waals surface area contributed by atoms with Gasteiger partial charge in [-0.25, -0.2) is 0 Å². The predicted octanol–water partition coefficient (Wildman–Crippen LogP) is 2.94. The van der Waals surface area contributed by atoms with Crippen molar-refractivity contribution in [2.75, 3.05) is 0 Å². The van der Waals surface area contributed by atoms with E-state index in [1.165, 1.54) is 0 Å². The summed E-state index contributed by atoms with van der Waals surface area (Å²) in [6.45, 7) is 9.00. The molecule has 3 rings (SSSR count). The molecule has 1 aromatic carbocycles. The molecule has 6 nitrogen and oxygen atoms in total. The number of nitrogens with one attached hydrogen (secondary N) is 1. The number of nitrogens with zero attached hydrogens (tertiary/aromatic N) is 3. The van der Waals surface area contributed by atoms with Crippen LogP contribution in [-0.2, 0) is 20.1 Å². The van der Waals surface area contributed by atoms with Crippen LogP contribution < -0.4 is 10.9 Å². The van der Waals surface area contributed by atoms with E-state index in [9.17, 15) is 9.59 Å². The third-order valence-electron chi connectivity index (χ3n) is 4.88. The Kier molecular flexibility index (Phi) is 5.17. The van der Waals surface area contributed by atoms with Gasteiger partial charge in [0.15, 0.2) is 0 Å². The van der Waals surface area contributed by atoms with Crippen LogP contribution in [0.3, 0.4) is 0 Å². The minimum atomic E-state index is -0.189. The topological polar surface area (TPSA) is 68.9 Å². The molecular weight excluding hydrogens is 340 g/mol. The average molecular weight is 366 g/mol. The van der Waals surface area contributed by atoms with Crippen molar-refractivity contribution in [2.45, 2.75) is 40.8 Å². The lowest BCUT2D eigenvalue weighted by atomic mass is 10.1. The van der Waals surface area contributed by atoms with Gasteiger partial charge in [0.2, 0.25) is 0 Å². The second kappa shape index (κ2) is 7.39. The van der Waals surface area contributed by atoms with Gasteiger partial charge in [0.1, 0.15) is 0 Å². The molecule has 2 heterocycles. The van der Waals surface area contributed by atoms with Gasteiger partial charge in [-0.1, -0.05) is 32.0 Å². The summed E-state index contributed by atoms with van der Waals surface area (Å²) in [5.41, 5.74) is 3.41. The second-order valence-electron chi connectivity index (χ2n) is 7.40. The Labute approximate surface area is 158 Å². The van der Waals surface area contributed by atoms with Gasteiger partial charge in [-0.15, -0.1) is 0 Å². The number of aromatic nitrogens is 3. The number of hydrogen-bond acceptors (Lipinski definition) is 3. The second-order valence-corrected chi connectivity index (χ2v) is 7.40. The molecule has 0 aliphatic heterocycles. The van der Waals surface area contributed by atoms with Crippen molar-refractivity contribution in [2.24, 2.45) is 13.0 Å². The molecule has 0 bridgehead atoms. The number of pyridine rings is 1. The van der Waals surface area contributed by atoms with Crippen molar-refractivity contribution < 1.29 is 4.79 Å². The number of aryl methyl sites for hydroxylation is 2. The third kappa shape index (κ3) is 3.65. The van der Waals surface area contributed by atoms with Crippen LogP contribution in [0.5, 0.6) is 0 Å². The van der Waals surface area contributed by atoms with Crippen molar-refractivity contribution in [3.05, 3.63) is 63.3 Å². The highest BCUT2D eigenvalue weighted by Gasteiger charge is 2.16. The summed E-state index contributed by atoms with van der Waals surface area (Å²) < 4.78 is 3.46. The average Bonchev–Trinajstić information content (AvgIpc) is 2.87. The molecule has 27 heavy (non-hydrogen) atoms. The lowest BCUT2D eigenvalue weighted by molar-refractivity contribution is 0.0951. The molecule has 0 radical (unpaired) electrons. The summed E-state index contributed by atoms with van der Waals surface area (Å²) in [5, 5.41) is 8.63. The monoisotopic (exact) mass is 366 g/mol. The third-order valence-corrected chi connectivity index (χ3v) is 4.88. The zero-order valence-electron chi connectivity index (χ0n) is 16.5. The van der Waals surface area contributed by atoms with Crippen LogP contribution in [0.4, 0.5) is 0 Å². The van der Waals surface area contributed by atoms with Gasteiger partial charge in [-0.3, -0.25) is 14.3 Å². The number of benzene rings is 1. The van der Waals surface area contributed by atoms with Crippen molar-refractivity contribution >= 4 is 16.7 Å². The molecule has 1 amide bonds. The molecule has 3 aromatic rings. The highest BCUT2D eigenvalue weighted by molar-refractivity contribution is 6.06. The van der Waals surface area contributed by atoms with Gasteiger partial charge in [-0.2, -0.15) is 5.10 Å². The molecule has 0 aliphatic carbocycles. The van der Waals surface area contributed by atoms with E-state index in [0.29, 0.717) is 35.3 Å². The van der Waals surface area contributed by atoms with Gasteiger partial charge < -0.3 is 9.88 Å². The number of hydrogen-bond donors (Lipinski definition) is 1. The van der Waals surface area contributed by atoms with E-state index in [0.717, 1.165) is 17.0 Å². The molecule has 0 saturated carbocycles. The minimum Gasteiger partial charge on any atom is -0.348 e. The van der Waals surface area contributed by atoms with Gasteiger partial charge in [0, 0.05) is 48.4 Å². The molecule has 0 saturated heterocycles. The van der Waals surface area contributed by atoms with E-state index in [4.69, 9.17) is 0 Å². The molecule has 0 unspecified atom stereocenters. The number of fused-ring (bicyclic) bond motifs is 1. The number of amides is 1. The Bertz CT molecular complexity index is 1060. The SMILES string of the molecule is Cc1nn(C)c(C)c1CNC(=O)c1cn(CC(C)C)c(=O)c2ccccc12. The zero-order chi connectivity index (χ0) is 19.7. The quantitative estimate of drug-likeness (QED) is 0.755. The van der Waals surface area contributed by atoms with Crippen LogP contribution in [-0.4, -0.2) is 20.3 Å². The van der Waals surface area contributed by atoms with Crippen LogP contribution in [0.25, 0.3) is 10.8 Å². The molecule has 142 valence electrons. The Morgan fingerprint density at radius 3 is 2.44 bits per heavy atom. The van der Waals surface area contributed by atoms with E-state index in [1.807, 2.05) is 43.8 Å². The first-order chi connectivity index (χ1) is 12.8. The summed E-state index contributed by atoms with van der Waals surface area (Å²) in [6, 6.07) is 7.28. The smallest absolute Gasteiger partial charge is 0.258 e. The Hall–Kier alpha value is -2.89. The van der Waals surface area contributed by atoms with Gasteiger partial charge in [0.25, 0.3) is 11.5 Å². The fourth-order valence-corrected chi connectivity index (χ4v) is 3.39. The Balaban J connectivity index is 1.98. The van der Waals surface area contributed by atoms with Gasteiger partial charge in [-0.05, 0) is 25.8 Å². The Morgan fingerprint density at radius 2 is 1.85 bits per heavy atom. The largest absolute Gasteiger partial charge is 0.348 e. The van der Waals surface area contributed by atoms with E-state index >= 15 is 0 Å². The van der Waals surface area contributed by atoms with E-state index in [-0.39, 0.29) is 11.5 Å². The van der Waals surface area contributed by atoms with Crippen LogP contribution in [0.15, 0.2) is 35.3 Å². The summed E-state index contributed by atoms with van der Waals surface area (Å²) in [6.07, 6.45) is 1.68. The lowest BCUT2D eigenvalue weighted by Gasteiger charge is -2.14. The first-order valence-corrected chi connectivity index (χ1v) is 9.19. The first-order valence-electron chi connectivity index (χ1n) is 9.19. The van der Waals surface area contributed by atoms with E-state index in [2.05, 4.69) is 24.3 Å². The molecule has 0 fully saturated rings. The van der Waals surface area contributed by atoms with Gasteiger partial charge in [0.05, 0.1) is 11.3 Å². The summed E-state index contributed by atoms with van der Waals surface area (Å²) in [5.74, 6) is 0.117. The van der Waals surface area contributed by atoms with Crippen molar-refractivity contribution in [1.29, 1.82) is 0 Å². The summed E-state index contributed by atoms with van der Waals surface area (Å²) in [4.78, 5) is 25.7. The van der Waals surface area contributed by atoms with E-state index < -0.39 is 0 Å². The summed E-state index contributed by atoms with van der Waals surface area (Å²) in [7, 11) is 1.89. The molecular formula is C21H26N4O2. The highest BCUT2D eigenvalue weighted by Crippen LogP contribution is 2.17. The Morgan fingerprint density at radius 1 is 1.19 bits per heavy atom. The van der Waals surface area contributed by atoms with Crippen LogP contribution in [0.1, 0.15) is 41.2 Å². The maximum absolute atomic E-state index is 13.0. The number of rotatable bonds is 5. The fourth-order valence-electron chi connectivity index (χ4n) is 3.39. The molecule has 0 atom stereocenters. The molecule has 0 spiro atoms. The standard InChI is InChI=1S/C21H26N4O2/c1-13(2)11-25-12-19(16-8-6-7-9-17(16)21(25)27)20(26)22-10-18-14(3)23-24(5)15(18)4/h6-9,12-13H,10-11H2,1-5H3,(H,22,26). The number of carbonyl (C=O) groups is 1. The van der Waals surface area contributed by atoms with Crippen LogP contribution >= 0.6 is 0 Å². The fraction of sp³-hybridized carbons (Fsp3) is 0.381. The lowest BCUT2D eigenvalue weighted by Crippen LogP contribution is -2.28. The van der Waals surface area contributed by atoms with Gasteiger partial charge >= 0.3 is 0 Å². The molecule has 0 aliphatic rings. The maximum atomic E-state index is 13.0. The zero-order valence-corrected chi connectivity index (χ0v) is 16.5. The minimum absolute atomic E-state index is 0.0604. The van der Waals surface area contributed by atoms with Crippen LogP contribution in [0, 0.1) is 19.8 Å². The van der Waals surface area contributed by atoms with Crippen molar-refractivity contribution in [1.82, 2.24) is 19.7 Å².